The maximum absolute atomic E-state index is 12.6. The van der Waals surface area contributed by atoms with Crippen LogP contribution in [0.4, 0.5) is 13.2 Å². The number of benzene rings is 2. The smallest absolute Gasteiger partial charge is 0.446 e. The van der Waals surface area contributed by atoms with Gasteiger partial charge in [0.15, 0.2) is 11.5 Å². The van der Waals surface area contributed by atoms with E-state index in [1.807, 2.05) is 6.07 Å². The maximum Gasteiger partial charge on any atom is 0.446 e. The molecule has 6 nitrogen and oxygen atoms in total. The number of methoxy groups -OCH3 is 1. The number of alkyl halides is 3. The summed E-state index contributed by atoms with van der Waals surface area (Å²) in [5.74, 6) is 1.29. The molecule has 0 radical (unpaired) electrons. The highest BCUT2D eigenvalue weighted by molar-refractivity contribution is 8.00. The van der Waals surface area contributed by atoms with Gasteiger partial charge >= 0.3 is 5.51 Å². The van der Waals surface area contributed by atoms with Gasteiger partial charge in [0.25, 0.3) is 0 Å². The third kappa shape index (κ3) is 4.87. The molecule has 0 spiro atoms. The number of hydrogen-bond acceptors (Lipinski definition) is 7. The van der Waals surface area contributed by atoms with Crippen molar-refractivity contribution in [2.75, 3.05) is 7.11 Å². The van der Waals surface area contributed by atoms with E-state index < -0.39 is 5.51 Å². The Bertz CT molecular complexity index is 1230. The molecule has 2 N–H and O–H groups in total. The lowest BCUT2D eigenvalue weighted by atomic mass is 9.55. The average Bonchev–Trinajstić information content (AvgIpc) is 3.20. The number of ether oxygens (including phenoxy) is 1. The second-order valence-electron chi connectivity index (χ2n) is 10.2. The largest absolute Gasteiger partial charge is 0.504 e. The van der Waals surface area contributed by atoms with E-state index in [0.29, 0.717) is 23.7 Å². The fourth-order valence-corrected chi connectivity index (χ4v) is 7.15. The van der Waals surface area contributed by atoms with Crippen molar-refractivity contribution >= 4 is 23.2 Å². The SMILES string of the molecule is COc1cc2c(cc1O)C(=NOCc1ccc(SC(F)(F)F)cc1)C[C@@H]1[C@@H]2CC[C@]2(C)C(=NO)CC[C@@H]12. The molecule has 10 heteroatoms. The standard InChI is InChI=1S/C27H29F3N2O4S/c1-26-10-9-17-18-13-24(35-2)23(33)12-20(18)22(11-19(17)21(26)7-8-25(26)31-34)32-36-14-15-3-5-16(6-4-15)37-27(28,29)30/h3-6,12-13,17,19,21,33-34H,7-11,14H2,1-2H3/t17-,19-,21+,26+/m1/s1. The Labute approximate surface area is 217 Å². The predicted molar refractivity (Wildman–Crippen MR) is 134 cm³/mol. The molecule has 5 rings (SSSR count). The van der Waals surface area contributed by atoms with Crippen molar-refractivity contribution in [3.63, 3.8) is 0 Å². The molecule has 3 aliphatic rings. The molecule has 0 heterocycles. The van der Waals surface area contributed by atoms with Crippen LogP contribution in [0.5, 0.6) is 11.5 Å². The molecule has 2 fully saturated rings. The van der Waals surface area contributed by atoms with Gasteiger partial charge < -0.3 is 19.9 Å². The molecular formula is C27H29F3N2O4S. The van der Waals surface area contributed by atoms with Crippen molar-refractivity contribution in [3.8, 4) is 11.5 Å². The number of hydrogen-bond donors (Lipinski definition) is 2. The monoisotopic (exact) mass is 534 g/mol. The van der Waals surface area contributed by atoms with Crippen LogP contribution < -0.4 is 4.74 Å². The minimum absolute atomic E-state index is 0.0290. The van der Waals surface area contributed by atoms with Crippen LogP contribution in [0, 0.1) is 17.3 Å². The molecular weight excluding hydrogens is 505 g/mol. The zero-order valence-electron chi connectivity index (χ0n) is 20.6. The maximum atomic E-state index is 12.6. The molecule has 2 aromatic rings. The molecule has 198 valence electrons. The van der Waals surface area contributed by atoms with Gasteiger partial charge in [-0.2, -0.15) is 13.2 Å². The Morgan fingerprint density at radius 1 is 1.16 bits per heavy atom. The van der Waals surface area contributed by atoms with Crippen molar-refractivity contribution < 1.29 is 33.1 Å². The summed E-state index contributed by atoms with van der Waals surface area (Å²) in [6.07, 6.45) is 4.22. The van der Waals surface area contributed by atoms with E-state index in [2.05, 4.69) is 17.2 Å². The van der Waals surface area contributed by atoms with Gasteiger partial charge in [0.2, 0.25) is 0 Å². The van der Waals surface area contributed by atoms with E-state index in [0.717, 1.165) is 48.2 Å². The molecule has 3 aliphatic carbocycles. The Balaban J connectivity index is 1.42. The molecule has 2 saturated carbocycles. The van der Waals surface area contributed by atoms with Crippen molar-refractivity contribution in [1.29, 1.82) is 0 Å². The van der Waals surface area contributed by atoms with Crippen LogP contribution in [0.25, 0.3) is 0 Å². The molecule has 0 aliphatic heterocycles. The van der Waals surface area contributed by atoms with Gasteiger partial charge in [0, 0.05) is 15.9 Å². The fraction of sp³-hybridized carbons (Fsp3) is 0.481. The Kier molecular flexibility index (Phi) is 6.81. The van der Waals surface area contributed by atoms with Gasteiger partial charge in [-0.1, -0.05) is 29.4 Å². The number of fused-ring (bicyclic) bond motifs is 5. The molecule has 2 aromatic carbocycles. The third-order valence-electron chi connectivity index (χ3n) is 8.35. The second kappa shape index (κ2) is 9.78. The number of halogens is 3. The summed E-state index contributed by atoms with van der Waals surface area (Å²) in [6, 6.07) is 9.59. The van der Waals surface area contributed by atoms with Crippen molar-refractivity contribution in [1.82, 2.24) is 0 Å². The van der Waals surface area contributed by atoms with Crippen molar-refractivity contribution in [2.45, 2.75) is 62.0 Å². The quantitative estimate of drug-likeness (QED) is 0.243. The molecule has 0 saturated heterocycles. The van der Waals surface area contributed by atoms with E-state index in [4.69, 9.17) is 9.57 Å². The minimum atomic E-state index is -4.33. The van der Waals surface area contributed by atoms with E-state index in [1.54, 1.807) is 18.2 Å². The van der Waals surface area contributed by atoms with Gasteiger partial charge in [-0.3, -0.25) is 0 Å². The van der Waals surface area contributed by atoms with Crippen LogP contribution in [0.2, 0.25) is 0 Å². The Morgan fingerprint density at radius 2 is 1.92 bits per heavy atom. The van der Waals surface area contributed by atoms with Crippen LogP contribution in [0.3, 0.4) is 0 Å². The first-order chi connectivity index (χ1) is 17.6. The topological polar surface area (TPSA) is 83.6 Å². The molecule has 0 bridgehead atoms. The van der Waals surface area contributed by atoms with Gasteiger partial charge in [-0.25, -0.2) is 0 Å². The highest BCUT2D eigenvalue weighted by atomic mass is 32.2. The Hall–Kier alpha value is -2.88. The first-order valence-electron chi connectivity index (χ1n) is 12.3. The van der Waals surface area contributed by atoms with Gasteiger partial charge in [-0.05, 0) is 97.0 Å². The highest BCUT2D eigenvalue weighted by Gasteiger charge is 2.54. The summed E-state index contributed by atoms with van der Waals surface area (Å²) in [5.41, 5.74) is -0.303. The van der Waals surface area contributed by atoms with Gasteiger partial charge in [0.05, 0.1) is 18.5 Å². The first-order valence-corrected chi connectivity index (χ1v) is 13.1. The van der Waals surface area contributed by atoms with Crippen LogP contribution in [-0.4, -0.2) is 34.4 Å². The summed E-state index contributed by atoms with van der Waals surface area (Å²) in [4.78, 5) is 5.81. The second-order valence-corrected chi connectivity index (χ2v) is 11.4. The number of phenols is 1. The number of rotatable bonds is 5. The summed E-state index contributed by atoms with van der Waals surface area (Å²) in [7, 11) is 1.53. The van der Waals surface area contributed by atoms with Crippen LogP contribution in [-0.2, 0) is 11.4 Å². The lowest BCUT2D eigenvalue weighted by molar-refractivity contribution is -0.0328. The zero-order chi connectivity index (χ0) is 26.4. The summed E-state index contributed by atoms with van der Waals surface area (Å²) in [6.45, 7) is 2.30. The molecule has 0 amide bonds. The van der Waals surface area contributed by atoms with E-state index >= 15 is 0 Å². The number of thioether (sulfide) groups is 1. The summed E-state index contributed by atoms with van der Waals surface area (Å²) < 4.78 is 43.2. The lowest BCUT2D eigenvalue weighted by Crippen LogP contribution is -2.43. The lowest BCUT2D eigenvalue weighted by Gasteiger charge is -2.48. The summed E-state index contributed by atoms with van der Waals surface area (Å²) in [5, 5.41) is 28.2. The third-order valence-corrected chi connectivity index (χ3v) is 9.09. The van der Waals surface area contributed by atoms with Crippen LogP contribution in [0.1, 0.15) is 61.6 Å². The first kappa shape index (κ1) is 25.8. The fourth-order valence-electron chi connectivity index (χ4n) is 6.61. The number of phenolic OH excluding ortho intramolecular Hbond substituents is 1. The zero-order valence-corrected chi connectivity index (χ0v) is 21.4. The van der Waals surface area contributed by atoms with Crippen molar-refractivity contribution in [2.24, 2.45) is 27.6 Å². The minimum Gasteiger partial charge on any atom is -0.504 e. The average molecular weight is 535 g/mol. The van der Waals surface area contributed by atoms with Gasteiger partial charge in [-0.15, -0.1) is 0 Å². The van der Waals surface area contributed by atoms with E-state index in [9.17, 15) is 23.5 Å². The molecule has 0 aromatic heterocycles. The van der Waals surface area contributed by atoms with E-state index in [1.165, 1.54) is 19.2 Å². The highest BCUT2D eigenvalue weighted by Crippen LogP contribution is 2.60. The summed E-state index contributed by atoms with van der Waals surface area (Å²) >= 11 is -0.154. The number of aromatic hydroxyl groups is 1. The molecule has 0 unspecified atom stereocenters. The predicted octanol–water partition coefficient (Wildman–Crippen LogP) is 7.08. The van der Waals surface area contributed by atoms with Gasteiger partial charge in [0.1, 0.15) is 6.61 Å². The van der Waals surface area contributed by atoms with Crippen LogP contribution >= 0.6 is 11.8 Å². The van der Waals surface area contributed by atoms with Crippen LogP contribution in [0.15, 0.2) is 51.6 Å². The molecule has 37 heavy (non-hydrogen) atoms. The number of nitrogens with zero attached hydrogens (tertiary/aromatic N) is 2. The Morgan fingerprint density at radius 3 is 2.59 bits per heavy atom. The van der Waals surface area contributed by atoms with E-state index in [-0.39, 0.29) is 46.3 Å². The van der Waals surface area contributed by atoms with Crippen molar-refractivity contribution in [3.05, 3.63) is 53.1 Å². The number of oxime groups is 2. The molecule has 4 atom stereocenters. The normalized spacial score (nSPS) is 29.1.